The van der Waals surface area contributed by atoms with E-state index in [2.05, 4.69) is 11.4 Å². The third-order valence-electron chi connectivity index (χ3n) is 5.55. The summed E-state index contributed by atoms with van der Waals surface area (Å²) in [6.45, 7) is 4.39. The van der Waals surface area contributed by atoms with Crippen LogP contribution in [0.25, 0.3) is 22.0 Å². The summed E-state index contributed by atoms with van der Waals surface area (Å²) in [5.74, 6) is 0.486. The van der Waals surface area contributed by atoms with Crippen molar-refractivity contribution in [3.63, 3.8) is 0 Å². The molecular weight excluding hydrogens is 447 g/mol. The van der Waals surface area contributed by atoms with Crippen LogP contribution in [-0.2, 0) is 0 Å². The van der Waals surface area contributed by atoms with Gasteiger partial charge in [-0.25, -0.2) is 4.39 Å². The molecule has 0 bridgehead atoms. The van der Waals surface area contributed by atoms with E-state index in [1.54, 1.807) is 13.1 Å². The third-order valence-corrected chi connectivity index (χ3v) is 5.55. The fourth-order valence-corrected chi connectivity index (χ4v) is 4.27. The van der Waals surface area contributed by atoms with E-state index in [4.69, 9.17) is 4.74 Å². The molecule has 0 saturated carbocycles. The molecule has 2 atom stereocenters. The number of aliphatic hydroxyl groups is 1. The molecule has 3 aromatic carbocycles. The van der Waals surface area contributed by atoms with E-state index in [1.165, 1.54) is 12.1 Å². The van der Waals surface area contributed by atoms with Gasteiger partial charge in [0.05, 0.1) is 18.2 Å². The molecule has 0 saturated heterocycles. The lowest BCUT2D eigenvalue weighted by atomic mass is 10.0. The van der Waals surface area contributed by atoms with Crippen molar-refractivity contribution in [2.45, 2.75) is 39.5 Å². The summed E-state index contributed by atoms with van der Waals surface area (Å²) >= 11 is 0. The number of fused-ring (bicyclic) bond motifs is 1. The fourth-order valence-electron chi connectivity index (χ4n) is 4.27. The third kappa shape index (κ3) is 5.63. The minimum atomic E-state index is -0.757. The molecule has 0 fully saturated rings. The van der Waals surface area contributed by atoms with Gasteiger partial charge >= 0.3 is 0 Å². The largest absolute Gasteiger partial charge is 0.490 e. The number of rotatable bonds is 8. The molecule has 0 aliphatic heterocycles. The van der Waals surface area contributed by atoms with Gasteiger partial charge in [-0.05, 0) is 50.7 Å². The first-order chi connectivity index (χ1) is 15.5. The second-order valence-corrected chi connectivity index (χ2v) is 8.25. The van der Waals surface area contributed by atoms with E-state index in [0.29, 0.717) is 12.1 Å². The number of aromatic nitrogens is 1. The van der Waals surface area contributed by atoms with Crippen LogP contribution in [-0.4, -0.2) is 35.5 Å². The van der Waals surface area contributed by atoms with Crippen LogP contribution in [0.15, 0.2) is 79.0 Å². The quantitative estimate of drug-likeness (QED) is 0.316. The van der Waals surface area contributed by atoms with Gasteiger partial charge in [-0.3, -0.25) is 0 Å². The van der Waals surface area contributed by atoms with Crippen molar-refractivity contribution in [1.82, 2.24) is 9.88 Å². The Morgan fingerprint density at radius 3 is 2.38 bits per heavy atom. The van der Waals surface area contributed by atoms with E-state index in [1.807, 2.05) is 73.1 Å². The Morgan fingerprint density at radius 2 is 1.68 bits per heavy atom. The topological polar surface area (TPSA) is 46.4 Å². The summed E-state index contributed by atoms with van der Waals surface area (Å²) in [5, 5.41) is 15.2. The van der Waals surface area contributed by atoms with Gasteiger partial charge in [0.15, 0.2) is 0 Å². The molecule has 0 amide bonds. The maximum atomic E-state index is 14.1. The van der Waals surface area contributed by atoms with Crippen LogP contribution in [0.4, 0.5) is 4.39 Å². The van der Waals surface area contributed by atoms with Gasteiger partial charge in [-0.1, -0.05) is 56.0 Å². The highest BCUT2D eigenvalue weighted by molar-refractivity contribution is 7.59. The predicted octanol–water partition coefficient (Wildman–Crippen LogP) is 6.15. The molecule has 0 aliphatic carbocycles. The highest BCUT2D eigenvalue weighted by Gasteiger charge is 2.26. The Hall–Kier alpha value is -2.80. The SMILES string of the molecule is C.CNC[C@@H](O)[C@H](c1cccc(F)c1)n1cc(-c2ccccc2OC(C)C)c2ccccc21.S. The lowest BCUT2D eigenvalue weighted by molar-refractivity contribution is 0.132. The second-order valence-electron chi connectivity index (χ2n) is 8.25. The number of nitrogens with zero attached hydrogens (tertiary/aromatic N) is 1. The summed E-state index contributed by atoms with van der Waals surface area (Å²) in [5.41, 5.74) is 3.67. The normalized spacial score (nSPS) is 12.6. The van der Waals surface area contributed by atoms with Crippen LogP contribution >= 0.6 is 13.5 Å². The Balaban J connectivity index is 0.00000204. The summed E-state index contributed by atoms with van der Waals surface area (Å²) in [4.78, 5) is 0. The highest BCUT2D eigenvalue weighted by atomic mass is 32.1. The first-order valence-electron chi connectivity index (χ1n) is 10.9. The van der Waals surface area contributed by atoms with Crippen molar-refractivity contribution in [3.8, 4) is 16.9 Å². The van der Waals surface area contributed by atoms with E-state index < -0.39 is 12.1 Å². The Labute approximate surface area is 208 Å². The summed E-state index contributed by atoms with van der Waals surface area (Å²) in [6.07, 6.45) is 1.33. The maximum Gasteiger partial charge on any atom is 0.127 e. The Bertz CT molecular complexity index is 1210. The number of aliphatic hydroxyl groups excluding tert-OH is 1. The molecule has 4 aromatic rings. The molecule has 0 spiro atoms. The molecule has 0 aliphatic rings. The molecule has 4 nitrogen and oxygen atoms in total. The first-order valence-corrected chi connectivity index (χ1v) is 10.9. The van der Waals surface area contributed by atoms with Crippen LogP contribution in [0, 0.1) is 5.82 Å². The van der Waals surface area contributed by atoms with Crippen molar-refractivity contribution in [2.24, 2.45) is 0 Å². The number of likely N-dealkylation sites (N-methyl/N-ethyl adjacent to an activating group) is 1. The molecule has 0 radical (unpaired) electrons. The fraction of sp³-hybridized carbons (Fsp3) is 0.286. The van der Waals surface area contributed by atoms with Gasteiger partial charge in [0.2, 0.25) is 0 Å². The summed E-state index contributed by atoms with van der Waals surface area (Å²) in [7, 11) is 1.80. The van der Waals surface area contributed by atoms with Crippen LogP contribution in [0.5, 0.6) is 5.75 Å². The number of halogens is 1. The number of ether oxygens (including phenoxy) is 1. The molecule has 0 unspecified atom stereocenters. The smallest absolute Gasteiger partial charge is 0.127 e. The molecule has 6 heteroatoms. The monoisotopic (exact) mass is 482 g/mol. The molecule has 1 aromatic heterocycles. The lowest BCUT2D eigenvalue weighted by Crippen LogP contribution is -2.33. The van der Waals surface area contributed by atoms with E-state index in [9.17, 15) is 9.50 Å². The molecule has 34 heavy (non-hydrogen) atoms. The standard InChI is InChI=1S/C27H29FN2O2.CH4.H2S/c1-18(2)32-26-14-7-5-12-22(26)23-17-30(24-13-6-4-11-21(23)24)27(25(31)16-29-3)19-9-8-10-20(28)15-19;;/h4-15,17-18,25,27,29,31H,16H2,1-3H3;1H4;1H2/t25-,27+;;/m1../s1. The molecule has 1 heterocycles. The van der Waals surface area contributed by atoms with E-state index >= 15 is 0 Å². The predicted molar refractivity (Wildman–Crippen MR) is 145 cm³/mol. The Morgan fingerprint density at radius 1 is 0.971 bits per heavy atom. The number of hydrogen-bond donors (Lipinski definition) is 2. The van der Waals surface area contributed by atoms with Crippen molar-refractivity contribution < 1.29 is 14.2 Å². The van der Waals surface area contributed by atoms with Gasteiger partial charge < -0.3 is 19.7 Å². The average molecular weight is 483 g/mol. The van der Waals surface area contributed by atoms with Crippen LogP contribution < -0.4 is 10.1 Å². The Kier molecular flexibility index (Phi) is 9.74. The van der Waals surface area contributed by atoms with Crippen molar-refractivity contribution >= 4 is 24.4 Å². The van der Waals surface area contributed by atoms with Gasteiger partial charge in [0.25, 0.3) is 0 Å². The van der Waals surface area contributed by atoms with Gasteiger partial charge in [0, 0.05) is 34.8 Å². The zero-order chi connectivity index (χ0) is 22.7. The summed E-state index contributed by atoms with van der Waals surface area (Å²) < 4.78 is 22.3. The number of nitrogens with one attached hydrogen (secondary N) is 1. The van der Waals surface area contributed by atoms with Crippen LogP contribution in [0.3, 0.4) is 0 Å². The van der Waals surface area contributed by atoms with Crippen molar-refractivity contribution in [3.05, 3.63) is 90.4 Å². The van der Waals surface area contributed by atoms with Gasteiger partial charge in [0.1, 0.15) is 11.6 Å². The lowest BCUT2D eigenvalue weighted by Gasteiger charge is -2.26. The molecular formula is C28H35FN2O2S. The second kappa shape index (κ2) is 12.1. The molecule has 2 N–H and O–H groups in total. The maximum absolute atomic E-state index is 14.1. The van der Waals surface area contributed by atoms with E-state index in [-0.39, 0.29) is 32.8 Å². The van der Waals surface area contributed by atoms with Gasteiger partial charge in [-0.15, -0.1) is 0 Å². The number of benzene rings is 3. The minimum absolute atomic E-state index is 0. The zero-order valence-electron chi connectivity index (χ0n) is 19.1. The van der Waals surface area contributed by atoms with Crippen LogP contribution in [0.1, 0.15) is 32.9 Å². The van der Waals surface area contributed by atoms with Gasteiger partial charge in [-0.2, -0.15) is 13.5 Å². The molecule has 182 valence electrons. The highest BCUT2D eigenvalue weighted by Crippen LogP contribution is 2.39. The number of para-hydroxylation sites is 2. The van der Waals surface area contributed by atoms with Crippen molar-refractivity contribution in [1.29, 1.82) is 0 Å². The first kappa shape index (κ1) is 27.4. The van der Waals surface area contributed by atoms with E-state index in [0.717, 1.165) is 27.8 Å². The summed E-state index contributed by atoms with van der Waals surface area (Å²) in [6, 6.07) is 22.1. The number of hydrogen-bond acceptors (Lipinski definition) is 3. The molecule has 4 rings (SSSR count). The van der Waals surface area contributed by atoms with Crippen molar-refractivity contribution in [2.75, 3.05) is 13.6 Å². The minimum Gasteiger partial charge on any atom is -0.490 e. The van der Waals surface area contributed by atoms with Crippen LogP contribution in [0.2, 0.25) is 0 Å². The zero-order valence-corrected chi connectivity index (χ0v) is 20.1. The average Bonchev–Trinajstić information content (AvgIpc) is 3.13.